The van der Waals surface area contributed by atoms with Crippen LogP contribution in [0, 0.1) is 0 Å². The van der Waals surface area contributed by atoms with E-state index in [1.165, 1.54) is 6.08 Å². The third kappa shape index (κ3) is 5.34. The number of carbonyl (C=O) groups excluding carboxylic acids is 1. The van der Waals surface area contributed by atoms with E-state index in [0.717, 1.165) is 11.1 Å². The Balaban J connectivity index is 1.85. The molecule has 0 saturated carbocycles. The number of amides is 1. The highest BCUT2D eigenvalue weighted by molar-refractivity contribution is 7.91. The number of benzene rings is 2. The fraction of sp³-hybridized carbons (Fsp3) is 0.250. The lowest BCUT2D eigenvalue weighted by molar-refractivity contribution is -0.128. The van der Waals surface area contributed by atoms with Gasteiger partial charge in [0.2, 0.25) is 5.91 Å². The fourth-order valence-electron chi connectivity index (χ4n) is 3.07. The summed E-state index contributed by atoms with van der Waals surface area (Å²) < 4.78 is 23.8. The first kappa shape index (κ1) is 19.9. The molecule has 0 N–H and O–H groups in total. The van der Waals surface area contributed by atoms with E-state index in [1.807, 2.05) is 30.3 Å². The van der Waals surface area contributed by atoms with Gasteiger partial charge in [-0.25, -0.2) is 8.42 Å². The summed E-state index contributed by atoms with van der Waals surface area (Å²) in [6.45, 7) is 0.230. The summed E-state index contributed by atoms with van der Waals surface area (Å²) in [7, 11) is -3.12. The highest BCUT2D eigenvalue weighted by atomic mass is 35.5. The first-order valence-electron chi connectivity index (χ1n) is 8.52. The van der Waals surface area contributed by atoms with Gasteiger partial charge in [0.1, 0.15) is 0 Å². The molecular weight excluding hydrogens is 405 g/mol. The molecule has 1 saturated heterocycles. The molecule has 1 aliphatic rings. The highest BCUT2D eigenvalue weighted by Gasteiger charge is 2.34. The topological polar surface area (TPSA) is 54.5 Å². The van der Waals surface area contributed by atoms with Crippen LogP contribution in [0.5, 0.6) is 0 Å². The Labute approximate surface area is 169 Å². The smallest absolute Gasteiger partial charge is 0.247 e. The second-order valence-electron chi connectivity index (χ2n) is 6.50. The van der Waals surface area contributed by atoms with Crippen LogP contribution in [0.1, 0.15) is 17.5 Å². The molecule has 0 radical (unpaired) electrons. The molecule has 0 spiro atoms. The third-order valence-corrected chi connectivity index (χ3v) is 6.84. The number of hydrogen-bond donors (Lipinski definition) is 0. The number of halogens is 2. The molecule has 27 heavy (non-hydrogen) atoms. The molecule has 1 amide bonds. The molecule has 1 aliphatic heterocycles. The lowest BCUT2D eigenvalue weighted by atomic mass is 10.1. The van der Waals surface area contributed by atoms with Crippen molar-refractivity contribution in [2.24, 2.45) is 0 Å². The molecule has 1 unspecified atom stereocenters. The lowest BCUT2D eigenvalue weighted by Crippen LogP contribution is -2.39. The van der Waals surface area contributed by atoms with Gasteiger partial charge in [-0.3, -0.25) is 4.79 Å². The summed E-state index contributed by atoms with van der Waals surface area (Å²) in [5.41, 5.74) is 1.63. The van der Waals surface area contributed by atoms with Crippen molar-refractivity contribution in [1.82, 2.24) is 4.90 Å². The van der Waals surface area contributed by atoms with Crippen LogP contribution >= 0.6 is 23.2 Å². The Hall–Kier alpha value is -1.82. The van der Waals surface area contributed by atoms with E-state index in [1.54, 1.807) is 29.2 Å². The van der Waals surface area contributed by atoms with Crippen molar-refractivity contribution in [1.29, 1.82) is 0 Å². The van der Waals surface area contributed by atoms with Crippen molar-refractivity contribution < 1.29 is 13.2 Å². The Morgan fingerprint density at radius 1 is 1.15 bits per heavy atom. The standard InChI is InChI=1S/C20H19Cl2NO3S/c21-17-8-7-16(19(22)12-17)13-23(18-10-11-27(25,26)14-18)20(24)9-6-15-4-2-1-3-5-15/h1-9,12,18H,10-11,13-14H2. The zero-order valence-corrected chi connectivity index (χ0v) is 16.8. The van der Waals surface area contributed by atoms with Gasteiger partial charge < -0.3 is 4.90 Å². The molecule has 1 heterocycles. The Morgan fingerprint density at radius 3 is 2.52 bits per heavy atom. The molecular formula is C20H19Cl2NO3S. The van der Waals surface area contributed by atoms with Crippen molar-refractivity contribution in [2.75, 3.05) is 11.5 Å². The normalized spacial score (nSPS) is 18.7. The van der Waals surface area contributed by atoms with E-state index < -0.39 is 9.84 Å². The van der Waals surface area contributed by atoms with Crippen molar-refractivity contribution in [3.8, 4) is 0 Å². The predicted molar refractivity (Wildman–Crippen MR) is 110 cm³/mol. The van der Waals surface area contributed by atoms with Crippen molar-refractivity contribution >= 4 is 45.0 Å². The van der Waals surface area contributed by atoms with E-state index in [4.69, 9.17) is 23.2 Å². The molecule has 3 rings (SSSR count). The number of carbonyl (C=O) groups is 1. The second kappa shape index (κ2) is 8.46. The van der Waals surface area contributed by atoms with E-state index in [-0.39, 0.29) is 30.0 Å². The molecule has 0 aromatic heterocycles. The number of hydrogen-bond acceptors (Lipinski definition) is 3. The number of rotatable bonds is 5. The first-order valence-corrected chi connectivity index (χ1v) is 11.1. The minimum Gasteiger partial charge on any atom is -0.331 e. The van der Waals surface area contributed by atoms with Gasteiger partial charge in [-0.1, -0.05) is 59.6 Å². The van der Waals surface area contributed by atoms with Gasteiger partial charge in [-0.2, -0.15) is 0 Å². The quantitative estimate of drug-likeness (QED) is 0.676. The average Bonchev–Trinajstić information content (AvgIpc) is 2.99. The Kier molecular flexibility index (Phi) is 6.25. The van der Waals surface area contributed by atoms with E-state index in [9.17, 15) is 13.2 Å². The van der Waals surface area contributed by atoms with E-state index in [0.29, 0.717) is 16.5 Å². The summed E-state index contributed by atoms with van der Waals surface area (Å²) in [5, 5.41) is 0.960. The molecule has 0 bridgehead atoms. The monoisotopic (exact) mass is 423 g/mol. The Morgan fingerprint density at radius 2 is 1.89 bits per heavy atom. The summed E-state index contributed by atoms with van der Waals surface area (Å²) in [4.78, 5) is 14.5. The van der Waals surface area contributed by atoms with Crippen LogP contribution in [0.3, 0.4) is 0 Å². The van der Waals surface area contributed by atoms with Crippen molar-refractivity contribution in [2.45, 2.75) is 19.0 Å². The molecule has 7 heteroatoms. The zero-order chi connectivity index (χ0) is 19.4. The largest absolute Gasteiger partial charge is 0.331 e. The molecule has 142 valence electrons. The Bertz CT molecular complexity index is 958. The maximum Gasteiger partial charge on any atom is 0.247 e. The third-order valence-electron chi connectivity index (χ3n) is 4.51. The highest BCUT2D eigenvalue weighted by Crippen LogP contribution is 2.26. The van der Waals surface area contributed by atoms with Crippen LogP contribution in [-0.2, 0) is 21.2 Å². The molecule has 0 aliphatic carbocycles. The summed E-state index contributed by atoms with van der Waals surface area (Å²) in [6.07, 6.45) is 3.63. The van der Waals surface area contributed by atoms with Crippen molar-refractivity contribution in [3.63, 3.8) is 0 Å². The van der Waals surface area contributed by atoms with Gasteiger partial charge in [0.25, 0.3) is 0 Å². The van der Waals surface area contributed by atoms with Gasteiger partial charge in [0.05, 0.1) is 11.5 Å². The van der Waals surface area contributed by atoms with Gasteiger partial charge in [-0.15, -0.1) is 0 Å². The van der Waals surface area contributed by atoms with Crippen LogP contribution in [0.4, 0.5) is 0 Å². The molecule has 1 atom stereocenters. The van der Waals surface area contributed by atoms with Crippen molar-refractivity contribution in [3.05, 3.63) is 75.8 Å². The lowest BCUT2D eigenvalue weighted by Gasteiger charge is -2.27. The van der Waals surface area contributed by atoms with Crippen LogP contribution < -0.4 is 0 Å². The maximum atomic E-state index is 12.9. The number of sulfone groups is 1. The fourth-order valence-corrected chi connectivity index (χ4v) is 5.27. The van der Waals surface area contributed by atoms with Crippen LogP contribution in [0.2, 0.25) is 10.0 Å². The minimum atomic E-state index is -3.12. The van der Waals surface area contributed by atoms with Crippen LogP contribution in [0.15, 0.2) is 54.6 Å². The zero-order valence-electron chi connectivity index (χ0n) is 14.5. The summed E-state index contributed by atoms with van der Waals surface area (Å²) in [6, 6.07) is 14.2. The average molecular weight is 424 g/mol. The predicted octanol–water partition coefficient (Wildman–Crippen LogP) is 4.22. The molecule has 2 aromatic rings. The van der Waals surface area contributed by atoms with Crippen LogP contribution in [0.25, 0.3) is 6.08 Å². The van der Waals surface area contributed by atoms with E-state index in [2.05, 4.69) is 0 Å². The summed E-state index contributed by atoms with van der Waals surface area (Å²) >= 11 is 12.2. The minimum absolute atomic E-state index is 0.0247. The van der Waals surface area contributed by atoms with Gasteiger partial charge in [-0.05, 0) is 35.8 Å². The molecule has 1 fully saturated rings. The number of nitrogens with zero attached hydrogens (tertiary/aromatic N) is 1. The maximum absolute atomic E-state index is 12.9. The SMILES string of the molecule is O=C(C=Cc1ccccc1)N(Cc1ccc(Cl)cc1Cl)C1CCS(=O)(=O)C1. The van der Waals surface area contributed by atoms with E-state index >= 15 is 0 Å². The van der Waals surface area contributed by atoms with Gasteiger partial charge in [0.15, 0.2) is 9.84 Å². The van der Waals surface area contributed by atoms with Crippen LogP contribution in [-0.4, -0.2) is 36.8 Å². The van der Waals surface area contributed by atoms with Gasteiger partial charge in [0, 0.05) is 28.7 Å². The molecule has 4 nitrogen and oxygen atoms in total. The van der Waals surface area contributed by atoms with Gasteiger partial charge >= 0.3 is 0 Å². The first-order chi connectivity index (χ1) is 12.8. The molecule has 2 aromatic carbocycles. The summed E-state index contributed by atoms with van der Waals surface area (Å²) in [5.74, 6) is -0.173. The second-order valence-corrected chi connectivity index (χ2v) is 9.58.